The number of ether oxygens (including phenoxy) is 4. The van der Waals surface area contributed by atoms with Gasteiger partial charge in [-0.1, -0.05) is 98.7 Å². The lowest BCUT2D eigenvalue weighted by Crippen LogP contribution is -2.48. The Balaban J connectivity index is 1.50. The Kier molecular flexibility index (Phi) is 12.6. The summed E-state index contributed by atoms with van der Waals surface area (Å²) in [6.45, 7) is 15.1. The van der Waals surface area contributed by atoms with Crippen molar-refractivity contribution in [3.05, 3.63) is 124 Å². The Bertz CT molecular complexity index is 2330. The number of methoxy groups -OCH3 is 1. The first-order chi connectivity index (χ1) is 28.3. The summed E-state index contributed by atoms with van der Waals surface area (Å²) < 4.78 is 33.6. The lowest BCUT2D eigenvalue weighted by molar-refractivity contribution is -0.0851. The Labute approximate surface area is 354 Å². The third-order valence-corrected chi connectivity index (χ3v) is 15.3. The summed E-state index contributed by atoms with van der Waals surface area (Å²) in [5.41, 5.74) is 10.3. The van der Waals surface area contributed by atoms with Crippen LogP contribution in [-0.4, -0.2) is 82.7 Å². The van der Waals surface area contributed by atoms with Crippen LogP contribution in [0.2, 0.25) is 23.4 Å². The first-order valence-corrected chi connectivity index (χ1v) is 22.5. The van der Waals surface area contributed by atoms with Crippen LogP contribution >= 0.6 is 11.6 Å². The van der Waals surface area contributed by atoms with Crippen molar-refractivity contribution in [2.45, 2.75) is 95.4 Å². The number of nitrogens with zero attached hydrogens (tertiary/aromatic N) is 8. The highest BCUT2D eigenvalue weighted by molar-refractivity contribution is 6.74. The molecule has 5 aromatic rings. The molecule has 1 saturated heterocycles. The van der Waals surface area contributed by atoms with Crippen molar-refractivity contribution >= 4 is 49.1 Å². The highest BCUT2D eigenvalue weighted by Gasteiger charge is 2.52. The number of carbonyl (C=O) groups excluding carboxylic acids is 1. The minimum Gasteiger partial charge on any atom is -0.497 e. The summed E-state index contributed by atoms with van der Waals surface area (Å²) in [4.78, 5) is 42.4. The quantitative estimate of drug-likeness (QED) is 0.0313. The van der Waals surface area contributed by atoms with Gasteiger partial charge in [-0.25, -0.2) is 14.6 Å². The van der Waals surface area contributed by atoms with Gasteiger partial charge in [-0.05, 0) is 84.9 Å². The zero-order valence-corrected chi connectivity index (χ0v) is 36.7. The molecule has 0 aliphatic carbocycles. The fraction of sp³-hybridized carbons (Fsp3) is 0.405. The lowest BCUT2D eigenvalue weighted by Gasteiger charge is -2.40. The highest BCUT2D eigenvalue weighted by Crippen LogP contribution is 2.46. The largest absolute Gasteiger partial charge is 0.497 e. The number of halogens is 1. The van der Waals surface area contributed by atoms with Crippen LogP contribution in [-0.2, 0) is 24.2 Å². The maximum absolute atomic E-state index is 13.2. The van der Waals surface area contributed by atoms with Crippen molar-refractivity contribution in [2.75, 3.05) is 18.6 Å². The highest BCUT2D eigenvalue weighted by atomic mass is 35.5. The summed E-state index contributed by atoms with van der Waals surface area (Å²) in [5.74, 6) is 0.244. The zero-order chi connectivity index (χ0) is 43.6. The number of anilines is 1. The van der Waals surface area contributed by atoms with Crippen LogP contribution in [0, 0.1) is 0 Å². The maximum Gasteiger partial charge on any atom is 0.425 e. The van der Waals surface area contributed by atoms with Gasteiger partial charge < -0.3 is 28.5 Å². The number of hydrogen-bond donors (Lipinski definition) is 1. The van der Waals surface area contributed by atoms with Gasteiger partial charge in [-0.15, -0.1) is 0 Å². The van der Waals surface area contributed by atoms with E-state index in [0.717, 1.165) is 16.7 Å². The van der Waals surface area contributed by atoms with E-state index < -0.39 is 62.0 Å². The van der Waals surface area contributed by atoms with E-state index >= 15 is 0 Å². The summed E-state index contributed by atoms with van der Waals surface area (Å²) in [5, 5.41) is 13.8. The monoisotopic (exact) mass is 856 g/mol. The molecule has 6 rings (SSSR count). The van der Waals surface area contributed by atoms with E-state index in [1.807, 2.05) is 84.9 Å². The Morgan fingerprint density at radius 1 is 0.950 bits per heavy atom. The molecule has 1 fully saturated rings. The molecule has 1 N–H and O–H groups in total. The number of fused-ring (bicyclic) bond motifs is 1. The van der Waals surface area contributed by atoms with E-state index in [1.165, 1.54) is 10.9 Å². The first kappa shape index (κ1) is 44.0. The topological polar surface area (TPSA) is 196 Å². The maximum atomic E-state index is 13.2. The smallest absolute Gasteiger partial charge is 0.425 e. The predicted octanol–water partition coefficient (Wildman–Crippen LogP) is 9.88. The summed E-state index contributed by atoms with van der Waals surface area (Å²) >= 11 is 6.45. The molecule has 3 aromatic carbocycles. The normalized spacial score (nSPS) is 18.5. The Morgan fingerprint density at radius 3 is 2.05 bits per heavy atom. The number of azide groups is 1. The number of rotatable bonds is 12. The van der Waals surface area contributed by atoms with Gasteiger partial charge >= 0.3 is 12.2 Å². The van der Waals surface area contributed by atoms with Crippen molar-refractivity contribution in [3.8, 4) is 5.75 Å². The molecule has 1 aliphatic rings. The molecule has 0 unspecified atom stereocenters. The van der Waals surface area contributed by atoms with E-state index in [1.54, 1.807) is 27.9 Å². The molecule has 0 spiro atoms. The van der Waals surface area contributed by atoms with Crippen molar-refractivity contribution in [1.29, 1.82) is 0 Å². The number of amides is 2. The van der Waals surface area contributed by atoms with Gasteiger partial charge in [0.2, 0.25) is 5.28 Å². The molecule has 0 saturated carbocycles. The molecule has 3 heterocycles. The second-order valence-electron chi connectivity index (χ2n) is 16.8. The van der Waals surface area contributed by atoms with Crippen molar-refractivity contribution in [1.82, 2.24) is 19.5 Å². The van der Waals surface area contributed by atoms with Gasteiger partial charge in [0.1, 0.15) is 23.1 Å². The summed E-state index contributed by atoms with van der Waals surface area (Å²) in [7, 11) is -1.06. The number of aromatic nitrogens is 4. The number of hydrogen-bond acceptors (Lipinski definition) is 11. The predicted molar refractivity (Wildman–Crippen MR) is 228 cm³/mol. The van der Waals surface area contributed by atoms with Crippen molar-refractivity contribution in [2.24, 2.45) is 5.11 Å². The van der Waals surface area contributed by atoms with E-state index in [4.69, 9.17) is 35.0 Å². The minimum atomic E-state index is -2.67. The second kappa shape index (κ2) is 17.2. The molecule has 316 valence electrons. The van der Waals surface area contributed by atoms with Crippen LogP contribution in [0.25, 0.3) is 21.6 Å². The molecule has 1 aliphatic heterocycles. The van der Waals surface area contributed by atoms with Crippen LogP contribution in [0.3, 0.4) is 0 Å². The molecule has 2 aromatic heterocycles. The molecular formula is C42H49ClN8O8Si. The molecule has 60 heavy (non-hydrogen) atoms. The molecule has 4 atom stereocenters. The van der Waals surface area contributed by atoms with Gasteiger partial charge in [0.15, 0.2) is 31.5 Å². The number of carboxylic acid groups (broad SMARTS) is 1. The van der Waals surface area contributed by atoms with Crippen LogP contribution in [0.5, 0.6) is 5.75 Å². The summed E-state index contributed by atoms with van der Waals surface area (Å²) in [6, 6.07) is 26.2. The van der Waals surface area contributed by atoms with Gasteiger partial charge in [0, 0.05) is 4.91 Å². The van der Waals surface area contributed by atoms with E-state index in [9.17, 15) is 20.2 Å². The SMILES string of the molecule is COc1ccc(C(OC[C@H]2O[C@@H](n3cnc4c(N(C(=O)O)C(=O)OC(C)(C)C)nc(Cl)nc43)[C@H](O[Si](C)(C)C(C)(C)C)[C@@H]2N=[N+]=[N-])(c2ccccc2)c2ccccc2)cc1. The first-order valence-electron chi connectivity index (χ1n) is 19.2. The molecule has 0 bridgehead atoms. The Hall–Kier alpha value is -5.55. The fourth-order valence-corrected chi connectivity index (χ4v) is 8.28. The van der Waals surface area contributed by atoms with Crippen LogP contribution in [0.4, 0.5) is 15.4 Å². The molecular weight excluding hydrogens is 808 g/mol. The number of carbonyl (C=O) groups is 2. The van der Waals surface area contributed by atoms with E-state index in [0.29, 0.717) is 10.6 Å². The van der Waals surface area contributed by atoms with Gasteiger partial charge in [-0.3, -0.25) is 4.57 Å². The standard InChI is InChI=1S/C42H49ClN8O8Si/c1-40(2,3)58-39(54)51(38(52)53)35-32-34(46-37(43)47-35)50(25-45-32)36-33(59-60(8,9)41(4,5)6)31(48-49-44)30(57-36)24-56-42(26-16-12-10-13-17-26,27-18-14-11-15-19-27)28-20-22-29(55-7)23-21-28/h10-23,25,30-31,33,36H,24H2,1-9H3,(H,52,53)/t30-,31-,33-,36-/m1/s1. The third kappa shape index (κ3) is 8.82. The molecule has 0 radical (unpaired) electrons. The fourth-order valence-electron chi connectivity index (χ4n) is 6.83. The van der Waals surface area contributed by atoms with Gasteiger partial charge in [-0.2, -0.15) is 14.9 Å². The molecule has 16 nitrogen and oxygen atoms in total. The minimum absolute atomic E-state index is 0.0241. The van der Waals surface area contributed by atoms with Crippen LogP contribution < -0.4 is 9.64 Å². The van der Waals surface area contributed by atoms with Crippen LogP contribution in [0.1, 0.15) is 64.5 Å². The molecule has 2 amide bonds. The second-order valence-corrected chi connectivity index (χ2v) is 21.9. The average molecular weight is 857 g/mol. The number of imidazole rings is 1. The van der Waals surface area contributed by atoms with Gasteiger partial charge in [0.05, 0.1) is 32.2 Å². The average Bonchev–Trinajstić information content (AvgIpc) is 3.75. The number of imide groups is 1. The third-order valence-electron chi connectivity index (χ3n) is 10.7. The lowest BCUT2D eigenvalue weighted by atomic mass is 9.80. The number of benzene rings is 3. The van der Waals surface area contributed by atoms with Crippen molar-refractivity contribution in [3.63, 3.8) is 0 Å². The van der Waals surface area contributed by atoms with Crippen molar-refractivity contribution < 1.29 is 38.1 Å². The zero-order valence-electron chi connectivity index (χ0n) is 34.9. The van der Waals surface area contributed by atoms with E-state index in [-0.39, 0.29) is 28.1 Å². The van der Waals surface area contributed by atoms with E-state index in [2.05, 4.69) is 58.8 Å². The van der Waals surface area contributed by atoms with Crippen LogP contribution in [0.15, 0.2) is 96.4 Å². The Morgan fingerprint density at radius 2 is 1.53 bits per heavy atom. The van der Waals surface area contributed by atoms with Gasteiger partial charge in [0.25, 0.3) is 0 Å². The summed E-state index contributed by atoms with van der Waals surface area (Å²) in [6.07, 6.45) is -4.45. The molecule has 18 heteroatoms.